The number of thiophene rings is 1. The fourth-order valence-corrected chi connectivity index (χ4v) is 3.92. The van der Waals surface area contributed by atoms with Crippen molar-refractivity contribution in [2.75, 3.05) is 11.6 Å². The molecule has 26 heavy (non-hydrogen) atoms. The number of aromatic nitrogens is 3. The zero-order chi connectivity index (χ0) is 18.1. The van der Waals surface area contributed by atoms with Crippen LogP contribution in [0.5, 0.6) is 0 Å². The molecule has 0 unspecified atom stereocenters. The van der Waals surface area contributed by atoms with Gasteiger partial charge >= 0.3 is 0 Å². The van der Waals surface area contributed by atoms with Gasteiger partial charge in [-0.25, -0.2) is 13.4 Å². The largest absolute Gasteiger partial charge is 0.349 e. The molecule has 0 aliphatic carbocycles. The minimum Gasteiger partial charge on any atom is -0.349 e. The van der Waals surface area contributed by atoms with Crippen LogP contribution in [0.15, 0.2) is 65.1 Å². The standard InChI is InChI=1S/C18H16N4O2S2/c1-26(23,24)16-6-4-14(5-7-16)22-9-8-13-11-19-18(21-17(13)22)20-12-15-3-2-10-25-15/h2-11H,12H2,1H3,(H,19,20,21). The molecule has 0 saturated carbocycles. The molecule has 0 atom stereocenters. The Balaban J connectivity index is 1.66. The number of sulfone groups is 1. The highest BCUT2D eigenvalue weighted by atomic mass is 32.2. The summed E-state index contributed by atoms with van der Waals surface area (Å²) in [5.41, 5.74) is 1.61. The van der Waals surface area contributed by atoms with Crippen molar-refractivity contribution in [3.8, 4) is 5.69 Å². The highest BCUT2D eigenvalue weighted by Crippen LogP contribution is 2.21. The van der Waals surface area contributed by atoms with Crippen molar-refractivity contribution in [3.63, 3.8) is 0 Å². The van der Waals surface area contributed by atoms with E-state index in [2.05, 4.69) is 21.4 Å². The maximum Gasteiger partial charge on any atom is 0.224 e. The summed E-state index contributed by atoms with van der Waals surface area (Å²) in [6.45, 7) is 0.674. The fraction of sp³-hybridized carbons (Fsp3) is 0.111. The zero-order valence-corrected chi connectivity index (χ0v) is 15.6. The van der Waals surface area contributed by atoms with Gasteiger partial charge in [0, 0.05) is 34.6 Å². The summed E-state index contributed by atoms with van der Waals surface area (Å²) in [7, 11) is -3.21. The van der Waals surface area contributed by atoms with Gasteiger partial charge in [0.2, 0.25) is 5.95 Å². The second kappa shape index (κ2) is 6.54. The molecular formula is C18H16N4O2S2. The van der Waals surface area contributed by atoms with Crippen LogP contribution in [-0.4, -0.2) is 29.2 Å². The summed E-state index contributed by atoms with van der Waals surface area (Å²) < 4.78 is 25.2. The van der Waals surface area contributed by atoms with E-state index in [9.17, 15) is 8.42 Å². The van der Waals surface area contributed by atoms with Crippen LogP contribution < -0.4 is 5.32 Å². The van der Waals surface area contributed by atoms with Crippen LogP contribution in [0.1, 0.15) is 4.88 Å². The molecule has 0 amide bonds. The Morgan fingerprint density at radius 2 is 1.96 bits per heavy atom. The van der Waals surface area contributed by atoms with Crippen molar-refractivity contribution in [2.24, 2.45) is 0 Å². The number of benzene rings is 1. The molecule has 132 valence electrons. The molecule has 4 aromatic rings. The smallest absolute Gasteiger partial charge is 0.224 e. The molecule has 6 nitrogen and oxygen atoms in total. The molecule has 1 aromatic carbocycles. The average Bonchev–Trinajstić information content (AvgIpc) is 3.28. The van der Waals surface area contributed by atoms with Gasteiger partial charge in [0.25, 0.3) is 0 Å². The molecule has 0 saturated heterocycles. The van der Waals surface area contributed by atoms with Gasteiger partial charge in [-0.05, 0) is 41.8 Å². The lowest BCUT2D eigenvalue weighted by Gasteiger charge is -2.07. The summed E-state index contributed by atoms with van der Waals surface area (Å²) in [5, 5.41) is 6.18. The van der Waals surface area contributed by atoms with Crippen LogP contribution in [0.4, 0.5) is 5.95 Å². The Bertz CT molecular complexity index is 1150. The SMILES string of the molecule is CS(=O)(=O)c1ccc(-n2ccc3cnc(NCc4cccs4)nc32)cc1. The first-order valence-corrected chi connectivity index (χ1v) is 10.7. The second-order valence-electron chi connectivity index (χ2n) is 5.86. The molecule has 3 aromatic heterocycles. The number of nitrogens with zero attached hydrogens (tertiary/aromatic N) is 3. The Labute approximate surface area is 155 Å². The van der Waals surface area contributed by atoms with Crippen molar-refractivity contribution in [3.05, 3.63) is 65.1 Å². The first-order chi connectivity index (χ1) is 12.5. The van der Waals surface area contributed by atoms with Crippen molar-refractivity contribution in [1.29, 1.82) is 0 Å². The van der Waals surface area contributed by atoms with E-state index in [1.807, 2.05) is 28.3 Å². The number of nitrogens with one attached hydrogen (secondary N) is 1. The first kappa shape index (κ1) is 16.7. The lowest BCUT2D eigenvalue weighted by molar-refractivity contribution is 0.602. The highest BCUT2D eigenvalue weighted by Gasteiger charge is 2.10. The van der Waals surface area contributed by atoms with E-state index < -0.39 is 9.84 Å². The van der Waals surface area contributed by atoms with Crippen LogP contribution in [-0.2, 0) is 16.4 Å². The van der Waals surface area contributed by atoms with Crippen molar-refractivity contribution in [1.82, 2.24) is 14.5 Å². The van der Waals surface area contributed by atoms with Gasteiger partial charge in [0.1, 0.15) is 5.65 Å². The predicted octanol–water partition coefficient (Wildman–Crippen LogP) is 3.50. The van der Waals surface area contributed by atoms with Crippen LogP contribution in [0.2, 0.25) is 0 Å². The first-order valence-electron chi connectivity index (χ1n) is 7.91. The Morgan fingerprint density at radius 1 is 1.15 bits per heavy atom. The Kier molecular flexibility index (Phi) is 4.21. The van der Waals surface area contributed by atoms with E-state index in [0.29, 0.717) is 17.4 Å². The predicted molar refractivity (Wildman–Crippen MR) is 104 cm³/mol. The van der Waals surface area contributed by atoms with E-state index in [-0.39, 0.29) is 0 Å². The molecule has 1 N–H and O–H groups in total. The second-order valence-corrected chi connectivity index (χ2v) is 8.91. The van der Waals surface area contributed by atoms with E-state index >= 15 is 0 Å². The number of anilines is 1. The van der Waals surface area contributed by atoms with Crippen LogP contribution in [0, 0.1) is 0 Å². The third-order valence-electron chi connectivity index (χ3n) is 3.97. The van der Waals surface area contributed by atoms with Gasteiger partial charge < -0.3 is 9.88 Å². The van der Waals surface area contributed by atoms with E-state index in [4.69, 9.17) is 0 Å². The number of fused-ring (bicyclic) bond motifs is 1. The third-order valence-corrected chi connectivity index (χ3v) is 5.98. The molecular weight excluding hydrogens is 368 g/mol. The molecule has 3 heterocycles. The fourth-order valence-electron chi connectivity index (χ4n) is 2.64. The highest BCUT2D eigenvalue weighted by molar-refractivity contribution is 7.90. The maximum atomic E-state index is 11.6. The monoisotopic (exact) mass is 384 g/mol. The lowest BCUT2D eigenvalue weighted by atomic mass is 10.3. The number of rotatable bonds is 5. The normalized spacial score (nSPS) is 11.7. The van der Waals surface area contributed by atoms with Gasteiger partial charge in [-0.3, -0.25) is 0 Å². The van der Waals surface area contributed by atoms with Crippen LogP contribution >= 0.6 is 11.3 Å². The van der Waals surface area contributed by atoms with Gasteiger partial charge in [0.05, 0.1) is 11.4 Å². The Hall–Kier alpha value is -2.71. The van der Waals surface area contributed by atoms with Crippen LogP contribution in [0.3, 0.4) is 0 Å². The quantitative estimate of drug-likeness (QED) is 0.570. The molecule has 0 radical (unpaired) electrons. The maximum absolute atomic E-state index is 11.6. The van der Waals surface area contributed by atoms with Crippen molar-refractivity contribution >= 4 is 38.2 Å². The summed E-state index contributed by atoms with van der Waals surface area (Å²) in [6.07, 6.45) is 4.88. The minimum atomic E-state index is -3.21. The minimum absolute atomic E-state index is 0.297. The van der Waals surface area contributed by atoms with Crippen molar-refractivity contribution < 1.29 is 8.42 Å². The third kappa shape index (κ3) is 3.33. The molecule has 0 spiro atoms. The van der Waals surface area contributed by atoms with E-state index in [1.165, 1.54) is 11.1 Å². The molecule has 0 bridgehead atoms. The van der Waals surface area contributed by atoms with Gasteiger partial charge in [-0.2, -0.15) is 4.98 Å². The zero-order valence-electron chi connectivity index (χ0n) is 14.0. The van der Waals surface area contributed by atoms with Gasteiger partial charge in [-0.15, -0.1) is 11.3 Å². The van der Waals surface area contributed by atoms with E-state index in [0.717, 1.165) is 16.7 Å². The summed E-state index contributed by atoms with van der Waals surface area (Å²) >= 11 is 1.68. The number of hydrogen-bond donors (Lipinski definition) is 1. The Morgan fingerprint density at radius 3 is 2.65 bits per heavy atom. The molecule has 4 rings (SSSR count). The van der Waals surface area contributed by atoms with Crippen LogP contribution in [0.25, 0.3) is 16.7 Å². The topological polar surface area (TPSA) is 76.9 Å². The molecule has 0 aliphatic heterocycles. The molecule has 0 fully saturated rings. The summed E-state index contributed by atoms with van der Waals surface area (Å²) in [6, 6.07) is 12.8. The summed E-state index contributed by atoms with van der Waals surface area (Å²) in [4.78, 5) is 10.5. The van der Waals surface area contributed by atoms with Gasteiger partial charge in [-0.1, -0.05) is 6.07 Å². The summed E-state index contributed by atoms with van der Waals surface area (Å²) in [5.74, 6) is 0.554. The van der Waals surface area contributed by atoms with E-state index in [1.54, 1.807) is 41.8 Å². The molecule has 0 aliphatic rings. The lowest BCUT2D eigenvalue weighted by Crippen LogP contribution is -2.03. The van der Waals surface area contributed by atoms with Gasteiger partial charge in [0.15, 0.2) is 9.84 Å². The van der Waals surface area contributed by atoms with Crippen molar-refractivity contribution in [2.45, 2.75) is 11.4 Å². The number of hydrogen-bond acceptors (Lipinski definition) is 6. The average molecular weight is 384 g/mol. The molecule has 8 heteroatoms.